The Morgan fingerprint density at radius 2 is 1.95 bits per heavy atom. The van der Waals surface area contributed by atoms with Gasteiger partial charge in [0.25, 0.3) is 0 Å². The fourth-order valence-electron chi connectivity index (χ4n) is 2.14. The molecule has 1 aromatic heterocycles. The Morgan fingerprint density at radius 3 is 2.80 bits per heavy atom. The van der Waals surface area contributed by atoms with Crippen LogP contribution >= 0.6 is 0 Å². The third kappa shape index (κ3) is 2.77. The highest BCUT2D eigenvalue weighted by molar-refractivity contribution is 5.63. The van der Waals surface area contributed by atoms with Crippen molar-refractivity contribution in [3.63, 3.8) is 0 Å². The molecule has 1 aliphatic rings. The van der Waals surface area contributed by atoms with Gasteiger partial charge in [0.05, 0.1) is 13.2 Å². The number of aromatic nitrogens is 1. The van der Waals surface area contributed by atoms with Gasteiger partial charge in [-0.1, -0.05) is 5.16 Å². The third-order valence-electron chi connectivity index (χ3n) is 3.18. The largest absolute Gasteiger partial charge is 0.490 e. The SMILES string of the molecule is OCCCc1cc(-c2ccc3c(c2)OCCCO3)no1. The topological polar surface area (TPSA) is 64.7 Å². The highest BCUT2D eigenvalue weighted by atomic mass is 16.5. The van der Waals surface area contributed by atoms with Crippen LogP contribution in [0.2, 0.25) is 0 Å². The summed E-state index contributed by atoms with van der Waals surface area (Å²) in [7, 11) is 0. The lowest BCUT2D eigenvalue weighted by Crippen LogP contribution is -1.97. The molecule has 0 radical (unpaired) electrons. The lowest BCUT2D eigenvalue weighted by atomic mass is 10.1. The molecule has 0 fully saturated rings. The average molecular weight is 275 g/mol. The van der Waals surface area contributed by atoms with E-state index < -0.39 is 0 Å². The van der Waals surface area contributed by atoms with E-state index in [1.54, 1.807) is 0 Å². The van der Waals surface area contributed by atoms with Crippen LogP contribution in [-0.2, 0) is 6.42 Å². The fourth-order valence-corrected chi connectivity index (χ4v) is 2.14. The first-order chi connectivity index (χ1) is 9.86. The molecular weight excluding hydrogens is 258 g/mol. The van der Waals surface area contributed by atoms with Crippen molar-refractivity contribution in [2.24, 2.45) is 0 Å². The van der Waals surface area contributed by atoms with Gasteiger partial charge in [0.2, 0.25) is 0 Å². The molecule has 0 saturated carbocycles. The number of rotatable bonds is 4. The van der Waals surface area contributed by atoms with Gasteiger partial charge in [-0.15, -0.1) is 0 Å². The second kappa shape index (κ2) is 5.96. The number of aryl methyl sites for hydroxylation is 1. The molecule has 2 aromatic rings. The Hall–Kier alpha value is -2.01. The van der Waals surface area contributed by atoms with Crippen molar-refractivity contribution in [2.45, 2.75) is 19.3 Å². The van der Waals surface area contributed by atoms with Crippen molar-refractivity contribution in [2.75, 3.05) is 19.8 Å². The molecule has 1 aliphatic heterocycles. The van der Waals surface area contributed by atoms with Crippen LogP contribution in [0.4, 0.5) is 0 Å². The molecular formula is C15H17NO4. The van der Waals surface area contributed by atoms with Crippen LogP contribution in [0.1, 0.15) is 18.6 Å². The number of nitrogens with zero attached hydrogens (tertiary/aromatic N) is 1. The van der Waals surface area contributed by atoms with E-state index in [1.165, 1.54) is 0 Å². The molecule has 1 aromatic carbocycles. The summed E-state index contributed by atoms with van der Waals surface area (Å²) >= 11 is 0. The minimum Gasteiger partial charge on any atom is -0.490 e. The van der Waals surface area contributed by atoms with Gasteiger partial charge in [-0.05, 0) is 24.6 Å². The van der Waals surface area contributed by atoms with Crippen molar-refractivity contribution >= 4 is 0 Å². The van der Waals surface area contributed by atoms with E-state index in [2.05, 4.69) is 5.16 Å². The minimum atomic E-state index is 0.153. The number of aliphatic hydroxyl groups is 1. The molecule has 5 nitrogen and oxygen atoms in total. The number of aliphatic hydroxyl groups excluding tert-OH is 1. The first kappa shape index (κ1) is 13.0. The van der Waals surface area contributed by atoms with Gasteiger partial charge in [0.1, 0.15) is 11.5 Å². The average Bonchev–Trinajstić information content (AvgIpc) is 2.82. The lowest BCUT2D eigenvalue weighted by Gasteiger charge is -2.07. The molecule has 20 heavy (non-hydrogen) atoms. The van der Waals surface area contributed by atoms with Gasteiger partial charge >= 0.3 is 0 Å². The molecule has 1 N–H and O–H groups in total. The zero-order valence-electron chi connectivity index (χ0n) is 11.2. The zero-order valence-corrected chi connectivity index (χ0v) is 11.2. The van der Waals surface area contributed by atoms with Crippen LogP contribution in [0.5, 0.6) is 11.5 Å². The van der Waals surface area contributed by atoms with Crippen molar-refractivity contribution in [1.82, 2.24) is 5.16 Å². The van der Waals surface area contributed by atoms with Gasteiger partial charge in [-0.3, -0.25) is 0 Å². The molecule has 106 valence electrons. The maximum atomic E-state index is 8.82. The van der Waals surface area contributed by atoms with Gasteiger partial charge in [0, 0.05) is 31.1 Å². The maximum absolute atomic E-state index is 8.82. The number of hydrogen-bond acceptors (Lipinski definition) is 5. The number of fused-ring (bicyclic) bond motifs is 1. The van der Waals surface area contributed by atoms with Crippen LogP contribution in [0, 0.1) is 0 Å². The molecule has 3 rings (SSSR count). The van der Waals surface area contributed by atoms with E-state index in [0.717, 1.165) is 34.9 Å². The van der Waals surface area contributed by atoms with E-state index >= 15 is 0 Å². The third-order valence-corrected chi connectivity index (χ3v) is 3.18. The Balaban J connectivity index is 1.83. The Bertz CT molecular complexity index is 579. The number of ether oxygens (including phenoxy) is 2. The Morgan fingerprint density at radius 1 is 1.10 bits per heavy atom. The summed E-state index contributed by atoms with van der Waals surface area (Å²) < 4.78 is 16.5. The summed E-state index contributed by atoms with van der Waals surface area (Å²) in [4.78, 5) is 0. The standard InChI is InChI=1S/C15H17NO4/c17-6-1-3-12-10-13(16-20-12)11-4-5-14-15(9-11)19-8-2-7-18-14/h4-5,9-10,17H,1-3,6-8H2. The van der Waals surface area contributed by atoms with Crippen molar-refractivity contribution < 1.29 is 19.1 Å². The van der Waals surface area contributed by atoms with E-state index in [0.29, 0.717) is 26.1 Å². The van der Waals surface area contributed by atoms with E-state index in [-0.39, 0.29) is 6.61 Å². The maximum Gasteiger partial charge on any atom is 0.161 e. The number of hydrogen-bond donors (Lipinski definition) is 1. The molecule has 0 spiro atoms. The molecule has 0 unspecified atom stereocenters. The predicted octanol–water partition coefficient (Wildman–Crippen LogP) is 2.43. The zero-order chi connectivity index (χ0) is 13.8. The first-order valence-corrected chi connectivity index (χ1v) is 6.83. The summed E-state index contributed by atoms with van der Waals surface area (Å²) in [5, 5.41) is 12.9. The van der Waals surface area contributed by atoms with Crippen molar-refractivity contribution in [3.05, 3.63) is 30.0 Å². The first-order valence-electron chi connectivity index (χ1n) is 6.83. The second-order valence-corrected chi connectivity index (χ2v) is 4.72. The Kier molecular flexibility index (Phi) is 3.87. The van der Waals surface area contributed by atoms with Crippen LogP contribution < -0.4 is 9.47 Å². The monoisotopic (exact) mass is 275 g/mol. The number of benzene rings is 1. The lowest BCUT2D eigenvalue weighted by molar-refractivity contribution is 0.280. The summed E-state index contributed by atoms with van der Waals surface area (Å²) in [5.41, 5.74) is 1.71. The van der Waals surface area contributed by atoms with E-state index in [9.17, 15) is 0 Å². The fraction of sp³-hybridized carbons (Fsp3) is 0.400. The van der Waals surface area contributed by atoms with Gasteiger partial charge < -0.3 is 19.1 Å². The summed E-state index contributed by atoms with van der Waals surface area (Å²) in [6.07, 6.45) is 2.25. The van der Waals surface area contributed by atoms with Crippen LogP contribution in [-0.4, -0.2) is 30.1 Å². The van der Waals surface area contributed by atoms with Crippen molar-refractivity contribution in [3.8, 4) is 22.8 Å². The molecule has 0 aliphatic carbocycles. The second-order valence-electron chi connectivity index (χ2n) is 4.72. The normalized spacial score (nSPS) is 14.1. The van der Waals surface area contributed by atoms with E-state index in [4.69, 9.17) is 19.1 Å². The smallest absolute Gasteiger partial charge is 0.161 e. The highest BCUT2D eigenvalue weighted by Gasteiger charge is 2.13. The molecule has 2 heterocycles. The molecule has 0 saturated heterocycles. The quantitative estimate of drug-likeness (QED) is 0.928. The van der Waals surface area contributed by atoms with Crippen LogP contribution in [0.25, 0.3) is 11.3 Å². The minimum absolute atomic E-state index is 0.153. The molecule has 0 bridgehead atoms. The summed E-state index contributed by atoms with van der Waals surface area (Å²) in [6, 6.07) is 7.67. The highest BCUT2D eigenvalue weighted by Crippen LogP contribution is 2.34. The summed E-state index contributed by atoms with van der Waals surface area (Å²) in [6.45, 7) is 1.50. The van der Waals surface area contributed by atoms with Gasteiger partial charge in [-0.2, -0.15) is 0 Å². The van der Waals surface area contributed by atoms with Crippen LogP contribution in [0.15, 0.2) is 28.8 Å². The van der Waals surface area contributed by atoms with Gasteiger partial charge in [-0.25, -0.2) is 0 Å². The van der Waals surface area contributed by atoms with E-state index in [1.807, 2.05) is 24.3 Å². The van der Waals surface area contributed by atoms with Crippen molar-refractivity contribution in [1.29, 1.82) is 0 Å². The molecule has 5 heteroatoms. The molecule has 0 amide bonds. The van der Waals surface area contributed by atoms with Gasteiger partial charge in [0.15, 0.2) is 11.5 Å². The Labute approximate surface area is 117 Å². The van der Waals surface area contributed by atoms with Crippen LogP contribution in [0.3, 0.4) is 0 Å². The predicted molar refractivity (Wildman–Crippen MR) is 73.0 cm³/mol. The molecule has 0 atom stereocenters. The summed E-state index contributed by atoms with van der Waals surface area (Å²) in [5.74, 6) is 2.30.